The first kappa shape index (κ1) is 19.4. The van der Waals surface area contributed by atoms with E-state index in [2.05, 4.69) is 19.9 Å². The topological polar surface area (TPSA) is 72.9 Å². The zero-order chi connectivity index (χ0) is 21.4. The van der Waals surface area contributed by atoms with Gasteiger partial charge in [0.15, 0.2) is 0 Å². The van der Waals surface area contributed by atoms with Gasteiger partial charge in [0.05, 0.1) is 17.4 Å². The van der Waals surface area contributed by atoms with Gasteiger partial charge in [-0.2, -0.15) is 0 Å². The minimum atomic E-state index is -0.879. The van der Waals surface area contributed by atoms with E-state index in [9.17, 15) is 14.4 Å². The summed E-state index contributed by atoms with van der Waals surface area (Å²) in [7, 11) is 0. The number of benzene rings is 1. The number of carbonyl (C=O) groups excluding carboxylic acids is 3. The highest BCUT2D eigenvalue weighted by atomic mass is 16.7. The van der Waals surface area contributed by atoms with Crippen LogP contribution in [0.25, 0.3) is 0 Å². The number of amides is 2. The molecule has 1 aromatic carbocycles. The number of nitrogens with zero attached hydrogens (tertiary/aromatic N) is 1. The van der Waals surface area contributed by atoms with Crippen molar-refractivity contribution in [2.45, 2.75) is 58.8 Å². The first-order chi connectivity index (χ1) is 13.5. The predicted octanol–water partition coefficient (Wildman–Crippen LogP) is 3.32. The van der Waals surface area contributed by atoms with Crippen molar-refractivity contribution in [3.8, 4) is 0 Å². The lowest BCUT2D eigenvalue weighted by Gasteiger charge is -2.45. The number of likely N-dealkylation sites (tertiary alicyclic amines) is 1. The summed E-state index contributed by atoms with van der Waals surface area (Å²) in [5, 5.41) is 0. The summed E-state index contributed by atoms with van der Waals surface area (Å²) >= 11 is 0. The molecule has 1 saturated heterocycles. The lowest BCUT2D eigenvalue weighted by Crippen LogP contribution is -2.51. The highest BCUT2D eigenvalue weighted by Crippen LogP contribution is 2.69. The highest BCUT2D eigenvalue weighted by Gasteiger charge is 2.73. The van der Waals surface area contributed by atoms with Crippen LogP contribution in [0.2, 0.25) is 0 Å². The van der Waals surface area contributed by atoms with Gasteiger partial charge in [-0.3, -0.25) is 14.5 Å². The van der Waals surface area contributed by atoms with Gasteiger partial charge < -0.3 is 9.47 Å². The Morgan fingerprint density at radius 3 is 2.31 bits per heavy atom. The molecule has 152 valence electrons. The minimum Gasteiger partial charge on any atom is -0.458 e. The van der Waals surface area contributed by atoms with Crippen molar-refractivity contribution in [3.05, 3.63) is 58.9 Å². The van der Waals surface area contributed by atoms with E-state index in [1.807, 2.05) is 32.0 Å². The fourth-order valence-electron chi connectivity index (χ4n) is 5.41. The number of carbonyl (C=O) groups is 3. The van der Waals surface area contributed by atoms with Gasteiger partial charge in [-0.15, -0.1) is 0 Å². The summed E-state index contributed by atoms with van der Waals surface area (Å²) in [6.45, 7) is 11.2. The number of rotatable bonds is 2. The average Bonchev–Trinajstić information content (AvgIpc) is 3.11. The van der Waals surface area contributed by atoms with Crippen LogP contribution < -0.4 is 0 Å². The van der Waals surface area contributed by atoms with E-state index in [0.717, 1.165) is 11.1 Å². The Bertz CT molecular complexity index is 1020. The summed E-state index contributed by atoms with van der Waals surface area (Å²) < 4.78 is 10.8. The van der Waals surface area contributed by atoms with Crippen LogP contribution in [0.3, 0.4) is 0 Å². The van der Waals surface area contributed by atoms with Crippen molar-refractivity contribution in [3.63, 3.8) is 0 Å². The summed E-state index contributed by atoms with van der Waals surface area (Å²) in [4.78, 5) is 39.0. The molecule has 0 bridgehead atoms. The molecule has 0 radical (unpaired) electrons. The van der Waals surface area contributed by atoms with Crippen molar-refractivity contribution in [1.29, 1.82) is 0 Å². The monoisotopic (exact) mass is 395 g/mol. The summed E-state index contributed by atoms with van der Waals surface area (Å²) in [5.41, 5.74) is 0.856. The third kappa shape index (κ3) is 2.14. The molecule has 3 atom stereocenters. The Labute approximate surface area is 170 Å². The zero-order valence-electron chi connectivity index (χ0n) is 17.5. The number of imide groups is 1. The van der Waals surface area contributed by atoms with Crippen molar-refractivity contribution in [1.82, 2.24) is 4.90 Å². The first-order valence-corrected chi connectivity index (χ1v) is 9.68. The molecule has 2 amide bonds. The van der Waals surface area contributed by atoms with Gasteiger partial charge in [-0.25, -0.2) is 4.79 Å². The standard InChI is InChI=1S/C23H25NO5/c1-13-11-18(29-20(13)27)28-12-17-19(26)24(14(2)25)23(6)16-10-8-7-9-15(16)21(3,4)22(17,23)5/h7-12,18H,1-6H3/b17-12-/t18-,22+,23-/m1/s1. The Hall–Kier alpha value is -2.89. The van der Waals surface area contributed by atoms with Crippen molar-refractivity contribution in [2.24, 2.45) is 5.41 Å². The van der Waals surface area contributed by atoms with Crippen molar-refractivity contribution in [2.75, 3.05) is 0 Å². The maximum Gasteiger partial charge on any atom is 0.336 e. The lowest BCUT2D eigenvalue weighted by atomic mass is 9.59. The van der Waals surface area contributed by atoms with Crippen LogP contribution in [0.4, 0.5) is 0 Å². The molecule has 3 aliphatic rings. The molecule has 2 aliphatic heterocycles. The highest BCUT2D eigenvalue weighted by molar-refractivity contribution is 6.09. The second kappa shape index (κ2) is 5.81. The molecule has 0 aromatic heterocycles. The number of cyclic esters (lactones) is 1. The third-order valence-electron chi connectivity index (χ3n) is 7.33. The molecule has 4 rings (SSSR count). The quantitative estimate of drug-likeness (QED) is 0.436. The molecule has 0 saturated carbocycles. The van der Waals surface area contributed by atoms with Crippen LogP contribution >= 0.6 is 0 Å². The average molecular weight is 395 g/mol. The van der Waals surface area contributed by atoms with Crippen LogP contribution in [-0.4, -0.2) is 29.0 Å². The second-order valence-corrected chi connectivity index (χ2v) is 8.82. The lowest BCUT2D eigenvalue weighted by molar-refractivity contribution is -0.152. The van der Waals surface area contributed by atoms with Crippen LogP contribution in [0.1, 0.15) is 52.7 Å². The predicted molar refractivity (Wildman–Crippen MR) is 105 cm³/mol. The van der Waals surface area contributed by atoms with Crippen LogP contribution in [-0.2, 0) is 34.8 Å². The molecule has 0 N–H and O–H groups in total. The van der Waals surface area contributed by atoms with E-state index in [0.29, 0.717) is 11.1 Å². The van der Waals surface area contributed by atoms with Crippen LogP contribution in [0, 0.1) is 5.41 Å². The van der Waals surface area contributed by atoms with Crippen molar-refractivity contribution < 1.29 is 23.9 Å². The Balaban J connectivity index is 1.89. The first-order valence-electron chi connectivity index (χ1n) is 9.68. The molecule has 6 heteroatoms. The van der Waals surface area contributed by atoms with Crippen LogP contribution in [0.5, 0.6) is 0 Å². The largest absolute Gasteiger partial charge is 0.458 e. The van der Waals surface area contributed by atoms with Crippen LogP contribution in [0.15, 0.2) is 47.7 Å². The molecule has 6 nitrogen and oxygen atoms in total. The van der Waals surface area contributed by atoms with E-state index in [1.54, 1.807) is 13.0 Å². The van der Waals surface area contributed by atoms with E-state index >= 15 is 0 Å². The summed E-state index contributed by atoms with van der Waals surface area (Å²) in [6, 6.07) is 7.94. The molecule has 29 heavy (non-hydrogen) atoms. The van der Waals surface area contributed by atoms with E-state index in [1.165, 1.54) is 18.1 Å². The maximum absolute atomic E-state index is 13.4. The molecule has 1 aromatic rings. The SMILES string of the molecule is CC(=O)N1C(=O)/C(=C/O[C@H]2C=C(C)C(=O)O2)[C@@]2(C)C(C)(C)c3ccccc3[C@@]12C. The smallest absolute Gasteiger partial charge is 0.336 e. The van der Waals surface area contributed by atoms with E-state index in [4.69, 9.17) is 9.47 Å². The summed E-state index contributed by atoms with van der Waals surface area (Å²) in [5.74, 6) is -1.14. The normalized spacial score (nSPS) is 33.4. The molecular formula is C23H25NO5. The van der Waals surface area contributed by atoms with Gasteiger partial charge in [0.1, 0.15) is 0 Å². The number of hydrogen-bond donors (Lipinski definition) is 0. The Kier molecular flexibility index (Phi) is 3.89. The Morgan fingerprint density at radius 1 is 1.14 bits per heavy atom. The molecule has 0 spiro atoms. The van der Waals surface area contributed by atoms with Gasteiger partial charge in [0, 0.05) is 29.4 Å². The Morgan fingerprint density at radius 2 is 1.76 bits per heavy atom. The third-order valence-corrected chi connectivity index (χ3v) is 7.33. The van der Waals surface area contributed by atoms with E-state index < -0.39 is 28.6 Å². The fraction of sp³-hybridized carbons (Fsp3) is 0.435. The maximum atomic E-state index is 13.4. The molecule has 0 unspecified atom stereocenters. The van der Waals surface area contributed by atoms with E-state index in [-0.39, 0.29) is 11.8 Å². The molecule has 2 heterocycles. The second-order valence-electron chi connectivity index (χ2n) is 8.82. The summed E-state index contributed by atoms with van der Waals surface area (Å²) in [6.07, 6.45) is 2.07. The number of ether oxygens (including phenoxy) is 2. The van der Waals surface area contributed by atoms with Gasteiger partial charge in [-0.1, -0.05) is 45.0 Å². The molecule has 1 fully saturated rings. The van der Waals surface area contributed by atoms with Gasteiger partial charge in [0.2, 0.25) is 5.91 Å². The molecule has 1 aliphatic carbocycles. The molecular weight excluding hydrogens is 370 g/mol. The number of hydrogen-bond acceptors (Lipinski definition) is 5. The number of fused-ring (bicyclic) bond motifs is 3. The number of esters is 1. The van der Waals surface area contributed by atoms with Gasteiger partial charge in [0.25, 0.3) is 12.2 Å². The fourth-order valence-corrected chi connectivity index (χ4v) is 5.41. The van der Waals surface area contributed by atoms with Gasteiger partial charge in [-0.05, 0) is 25.0 Å². The minimum absolute atomic E-state index is 0.317. The zero-order valence-corrected chi connectivity index (χ0v) is 17.5. The van der Waals surface area contributed by atoms with Crippen molar-refractivity contribution >= 4 is 17.8 Å². The van der Waals surface area contributed by atoms with Gasteiger partial charge >= 0.3 is 5.97 Å².